The van der Waals surface area contributed by atoms with E-state index in [-0.39, 0.29) is 5.91 Å². The lowest BCUT2D eigenvalue weighted by Gasteiger charge is -2.11. The van der Waals surface area contributed by atoms with Crippen LogP contribution in [-0.2, 0) is 17.9 Å². The van der Waals surface area contributed by atoms with Gasteiger partial charge in [0.25, 0.3) is 0 Å². The van der Waals surface area contributed by atoms with Gasteiger partial charge in [0.05, 0.1) is 13.7 Å². The molecular weight excluding hydrogens is 462 g/mol. The highest BCUT2D eigenvalue weighted by Gasteiger charge is 2.07. The number of halogens is 1. The number of anilines is 1. The Hall–Kier alpha value is -4.03. The number of carbonyl (C=O) groups excluding carboxylic acids is 1. The van der Waals surface area contributed by atoms with Gasteiger partial charge in [-0.15, -0.1) is 0 Å². The smallest absolute Gasteiger partial charge is 0.249 e. The SMILES string of the molecule is COc1ccc(/C=C/C(=O)Nc2ccn(Cc3ccc(Cl)cc3)n2)cc1COc1cccc(C)c1. The van der Waals surface area contributed by atoms with Gasteiger partial charge >= 0.3 is 0 Å². The fourth-order valence-electron chi connectivity index (χ4n) is 3.51. The van der Waals surface area contributed by atoms with Crippen molar-refractivity contribution < 1.29 is 14.3 Å². The van der Waals surface area contributed by atoms with Gasteiger partial charge in [-0.2, -0.15) is 5.10 Å². The predicted molar refractivity (Wildman–Crippen MR) is 139 cm³/mol. The Bertz CT molecular complexity index is 1330. The molecule has 35 heavy (non-hydrogen) atoms. The molecule has 0 bridgehead atoms. The summed E-state index contributed by atoms with van der Waals surface area (Å²) >= 11 is 5.93. The van der Waals surface area contributed by atoms with E-state index in [0.717, 1.165) is 33.8 Å². The lowest BCUT2D eigenvalue weighted by atomic mass is 10.1. The van der Waals surface area contributed by atoms with E-state index < -0.39 is 0 Å². The minimum Gasteiger partial charge on any atom is -0.496 e. The summed E-state index contributed by atoms with van der Waals surface area (Å²) in [6, 6.07) is 22.9. The lowest BCUT2D eigenvalue weighted by molar-refractivity contribution is -0.111. The van der Waals surface area contributed by atoms with Gasteiger partial charge < -0.3 is 14.8 Å². The first-order chi connectivity index (χ1) is 17.0. The molecular formula is C28H26ClN3O3. The fourth-order valence-corrected chi connectivity index (χ4v) is 3.64. The Kier molecular flexibility index (Phi) is 7.85. The first-order valence-electron chi connectivity index (χ1n) is 11.1. The molecule has 1 aromatic heterocycles. The molecule has 7 heteroatoms. The van der Waals surface area contributed by atoms with Crippen LogP contribution in [0.4, 0.5) is 5.82 Å². The number of benzene rings is 3. The van der Waals surface area contributed by atoms with Crippen molar-refractivity contribution in [3.8, 4) is 11.5 Å². The van der Waals surface area contributed by atoms with E-state index in [1.807, 2.05) is 79.9 Å². The van der Waals surface area contributed by atoms with Crippen LogP contribution in [0.3, 0.4) is 0 Å². The second kappa shape index (κ2) is 11.4. The third-order valence-corrected chi connectivity index (χ3v) is 5.52. The molecule has 0 unspecified atom stereocenters. The van der Waals surface area contributed by atoms with Crippen molar-refractivity contribution in [1.82, 2.24) is 9.78 Å². The molecule has 0 aliphatic carbocycles. The van der Waals surface area contributed by atoms with Crippen LogP contribution in [0.15, 0.2) is 85.1 Å². The zero-order valence-electron chi connectivity index (χ0n) is 19.6. The Morgan fingerprint density at radius 1 is 1.09 bits per heavy atom. The minimum absolute atomic E-state index is 0.268. The van der Waals surface area contributed by atoms with Crippen molar-refractivity contribution in [3.63, 3.8) is 0 Å². The second-order valence-electron chi connectivity index (χ2n) is 8.02. The number of hydrogen-bond acceptors (Lipinski definition) is 4. The van der Waals surface area contributed by atoms with Crippen LogP contribution in [0, 0.1) is 6.92 Å². The topological polar surface area (TPSA) is 65.4 Å². The number of hydrogen-bond donors (Lipinski definition) is 1. The maximum absolute atomic E-state index is 12.4. The molecule has 0 aliphatic rings. The molecule has 0 spiro atoms. The first-order valence-corrected chi connectivity index (χ1v) is 11.5. The molecule has 0 atom stereocenters. The van der Waals surface area contributed by atoms with Gasteiger partial charge in [0.15, 0.2) is 5.82 Å². The van der Waals surface area contributed by atoms with E-state index in [9.17, 15) is 4.79 Å². The Balaban J connectivity index is 1.36. The van der Waals surface area contributed by atoms with Crippen LogP contribution in [0.25, 0.3) is 6.08 Å². The van der Waals surface area contributed by atoms with Gasteiger partial charge in [-0.3, -0.25) is 9.48 Å². The zero-order valence-corrected chi connectivity index (χ0v) is 20.3. The number of methoxy groups -OCH3 is 1. The number of aromatic nitrogens is 2. The van der Waals surface area contributed by atoms with Gasteiger partial charge in [0.1, 0.15) is 18.1 Å². The summed E-state index contributed by atoms with van der Waals surface area (Å²) in [7, 11) is 1.63. The number of nitrogens with zero attached hydrogens (tertiary/aromatic N) is 2. The van der Waals surface area contributed by atoms with Gasteiger partial charge in [0, 0.05) is 28.9 Å². The lowest BCUT2D eigenvalue weighted by Crippen LogP contribution is -2.09. The van der Waals surface area contributed by atoms with Crippen LogP contribution in [0.5, 0.6) is 11.5 Å². The molecule has 178 valence electrons. The number of amides is 1. The van der Waals surface area contributed by atoms with Crippen molar-refractivity contribution in [2.75, 3.05) is 12.4 Å². The van der Waals surface area contributed by atoms with Gasteiger partial charge in [0.2, 0.25) is 5.91 Å². The maximum Gasteiger partial charge on any atom is 0.249 e. The van der Waals surface area contributed by atoms with E-state index in [1.54, 1.807) is 23.9 Å². The Morgan fingerprint density at radius 3 is 2.69 bits per heavy atom. The van der Waals surface area contributed by atoms with Crippen molar-refractivity contribution in [3.05, 3.63) is 112 Å². The highest BCUT2D eigenvalue weighted by Crippen LogP contribution is 2.23. The number of carbonyl (C=O) groups is 1. The zero-order chi connectivity index (χ0) is 24.6. The quantitative estimate of drug-likeness (QED) is 0.288. The van der Waals surface area contributed by atoms with Crippen LogP contribution < -0.4 is 14.8 Å². The minimum atomic E-state index is -0.268. The van der Waals surface area contributed by atoms with Crippen molar-refractivity contribution in [2.24, 2.45) is 0 Å². The molecule has 0 radical (unpaired) electrons. The van der Waals surface area contributed by atoms with E-state index in [2.05, 4.69) is 10.4 Å². The molecule has 0 saturated heterocycles. The number of nitrogens with one attached hydrogen (secondary N) is 1. The number of rotatable bonds is 9. The summed E-state index contributed by atoms with van der Waals surface area (Å²) in [5, 5.41) is 7.88. The van der Waals surface area contributed by atoms with Gasteiger partial charge in [-0.25, -0.2) is 0 Å². The largest absolute Gasteiger partial charge is 0.496 e. The van der Waals surface area contributed by atoms with Gasteiger partial charge in [-0.05, 0) is 66.1 Å². The average molecular weight is 488 g/mol. The summed E-state index contributed by atoms with van der Waals surface area (Å²) in [4.78, 5) is 12.4. The highest BCUT2D eigenvalue weighted by atomic mass is 35.5. The number of aryl methyl sites for hydroxylation is 1. The fraction of sp³-hybridized carbons (Fsp3) is 0.143. The third-order valence-electron chi connectivity index (χ3n) is 5.27. The van der Waals surface area contributed by atoms with E-state index >= 15 is 0 Å². The summed E-state index contributed by atoms with van der Waals surface area (Å²) in [6.07, 6.45) is 5.04. The number of ether oxygens (including phenoxy) is 2. The third kappa shape index (κ3) is 6.98. The molecule has 6 nitrogen and oxygen atoms in total. The molecule has 1 amide bonds. The van der Waals surface area contributed by atoms with Crippen molar-refractivity contribution in [1.29, 1.82) is 0 Å². The van der Waals surface area contributed by atoms with Crippen LogP contribution in [0.2, 0.25) is 5.02 Å². The first kappa shape index (κ1) is 24.1. The van der Waals surface area contributed by atoms with Crippen molar-refractivity contribution in [2.45, 2.75) is 20.1 Å². The molecule has 0 fully saturated rings. The molecule has 4 aromatic rings. The molecule has 1 N–H and O–H groups in total. The van der Waals surface area contributed by atoms with Crippen LogP contribution >= 0.6 is 11.6 Å². The Labute approximate surface area is 209 Å². The van der Waals surface area contributed by atoms with E-state index in [4.69, 9.17) is 21.1 Å². The second-order valence-corrected chi connectivity index (χ2v) is 8.46. The highest BCUT2D eigenvalue weighted by molar-refractivity contribution is 6.30. The molecule has 0 aliphatic heterocycles. The Morgan fingerprint density at radius 2 is 1.91 bits per heavy atom. The molecule has 4 rings (SSSR count). The summed E-state index contributed by atoms with van der Waals surface area (Å²) in [5.41, 5.74) is 3.94. The van der Waals surface area contributed by atoms with E-state index in [0.29, 0.717) is 24.0 Å². The molecule has 1 heterocycles. The van der Waals surface area contributed by atoms with E-state index in [1.165, 1.54) is 6.08 Å². The summed E-state index contributed by atoms with van der Waals surface area (Å²) in [5.74, 6) is 1.74. The maximum atomic E-state index is 12.4. The predicted octanol–water partition coefficient (Wildman–Crippen LogP) is 6.13. The normalized spacial score (nSPS) is 10.9. The van der Waals surface area contributed by atoms with Gasteiger partial charge in [-0.1, -0.05) is 41.9 Å². The van der Waals surface area contributed by atoms with Crippen molar-refractivity contribution >= 4 is 29.4 Å². The summed E-state index contributed by atoms with van der Waals surface area (Å²) in [6.45, 7) is 2.96. The molecule has 0 saturated carbocycles. The summed E-state index contributed by atoms with van der Waals surface area (Å²) < 4.78 is 13.1. The monoisotopic (exact) mass is 487 g/mol. The van der Waals surface area contributed by atoms with Crippen LogP contribution in [0.1, 0.15) is 22.3 Å². The standard InChI is InChI=1S/C28H26ClN3O3/c1-20-4-3-5-25(16-20)35-19-23-17-21(8-12-26(23)34-2)9-13-28(33)30-27-14-15-32(31-27)18-22-6-10-24(29)11-7-22/h3-17H,18-19H2,1-2H3,(H,30,31,33)/b13-9+. The molecule has 3 aromatic carbocycles. The van der Waals surface area contributed by atoms with Crippen LogP contribution in [-0.4, -0.2) is 22.8 Å². The average Bonchev–Trinajstić information content (AvgIpc) is 3.29.